The zero-order chi connectivity index (χ0) is 19.6. The van der Waals surface area contributed by atoms with Gasteiger partial charge in [-0.15, -0.1) is 0 Å². The van der Waals surface area contributed by atoms with Crippen molar-refractivity contribution in [2.75, 3.05) is 18.6 Å². The third-order valence-electron chi connectivity index (χ3n) is 5.70. The molecule has 3 nitrogen and oxygen atoms in total. The lowest BCUT2D eigenvalue weighted by Gasteiger charge is -2.43. The van der Waals surface area contributed by atoms with E-state index >= 15 is 0 Å². The van der Waals surface area contributed by atoms with Gasteiger partial charge in [-0.05, 0) is 63.1 Å². The predicted octanol–water partition coefficient (Wildman–Crippen LogP) is 6.85. The molecule has 1 aromatic heterocycles. The zero-order valence-corrected chi connectivity index (χ0v) is 17.7. The number of hydrogen-bond acceptors (Lipinski definition) is 3. The Labute approximate surface area is 167 Å². The minimum absolute atomic E-state index is 0.0768. The lowest BCUT2D eigenvalue weighted by molar-refractivity contribution is 0.379. The van der Waals surface area contributed by atoms with E-state index in [0.717, 1.165) is 53.4 Å². The SMILES string of the molecule is CCCC(C)(CC)N(CC)c1c2ccc(Cl)cc2nc2ccc(OC)cc12. The fraction of sp³-hybridized carbons (Fsp3) is 0.435. The number of ether oxygens (including phenoxy) is 1. The highest BCUT2D eigenvalue weighted by atomic mass is 35.5. The molecular formula is C23H29ClN2O. The Morgan fingerprint density at radius 2 is 1.81 bits per heavy atom. The van der Waals surface area contributed by atoms with Gasteiger partial charge in [-0.25, -0.2) is 4.98 Å². The number of hydrogen-bond donors (Lipinski definition) is 0. The van der Waals surface area contributed by atoms with Crippen LogP contribution in [-0.2, 0) is 0 Å². The van der Waals surface area contributed by atoms with Crippen molar-refractivity contribution in [3.63, 3.8) is 0 Å². The summed E-state index contributed by atoms with van der Waals surface area (Å²) in [4.78, 5) is 7.43. The molecule has 4 heteroatoms. The van der Waals surface area contributed by atoms with E-state index in [9.17, 15) is 0 Å². The number of benzene rings is 2. The summed E-state index contributed by atoms with van der Waals surface area (Å²) in [5.74, 6) is 0.851. The van der Waals surface area contributed by atoms with Crippen LogP contribution in [-0.4, -0.2) is 24.2 Å². The highest BCUT2D eigenvalue weighted by Crippen LogP contribution is 2.41. The quantitative estimate of drug-likeness (QED) is 0.416. The number of halogens is 1. The standard InChI is InChI=1S/C23H29ClN2O/c1-6-13-23(4,7-2)26(8-3)22-18-11-9-16(24)14-21(18)25-20-12-10-17(27-5)15-19(20)22/h9-12,14-15H,6-8,13H2,1-5H3. The molecule has 3 aromatic rings. The normalized spacial score (nSPS) is 13.7. The molecule has 0 aliphatic rings. The van der Waals surface area contributed by atoms with Gasteiger partial charge < -0.3 is 9.64 Å². The number of fused-ring (bicyclic) bond motifs is 2. The van der Waals surface area contributed by atoms with Gasteiger partial charge in [0.1, 0.15) is 5.75 Å². The minimum atomic E-state index is 0.0768. The first-order valence-electron chi connectivity index (χ1n) is 9.82. The van der Waals surface area contributed by atoms with E-state index in [1.54, 1.807) is 7.11 Å². The molecule has 1 heterocycles. The number of pyridine rings is 1. The average Bonchev–Trinajstić information content (AvgIpc) is 2.67. The fourth-order valence-electron chi connectivity index (χ4n) is 4.14. The van der Waals surface area contributed by atoms with Gasteiger partial charge in [0.15, 0.2) is 0 Å². The van der Waals surface area contributed by atoms with Crippen LogP contribution in [0.4, 0.5) is 5.69 Å². The largest absolute Gasteiger partial charge is 0.497 e. The molecule has 2 aromatic carbocycles. The van der Waals surface area contributed by atoms with Crippen LogP contribution in [0.25, 0.3) is 21.8 Å². The van der Waals surface area contributed by atoms with Crippen molar-refractivity contribution in [3.05, 3.63) is 41.4 Å². The molecule has 0 fully saturated rings. The third-order valence-corrected chi connectivity index (χ3v) is 5.94. The Hall–Kier alpha value is -2.00. The second kappa shape index (κ2) is 7.93. The molecule has 27 heavy (non-hydrogen) atoms. The van der Waals surface area contributed by atoms with Crippen molar-refractivity contribution >= 4 is 39.1 Å². The summed E-state index contributed by atoms with van der Waals surface area (Å²) in [5.41, 5.74) is 3.20. The Kier molecular flexibility index (Phi) is 5.81. The van der Waals surface area contributed by atoms with Crippen LogP contribution in [0, 0.1) is 0 Å². The van der Waals surface area contributed by atoms with E-state index < -0.39 is 0 Å². The maximum Gasteiger partial charge on any atom is 0.119 e. The first-order chi connectivity index (χ1) is 13.0. The van der Waals surface area contributed by atoms with E-state index in [-0.39, 0.29) is 5.54 Å². The first kappa shape index (κ1) is 19.8. The summed E-state index contributed by atoms with van der Waals surface area (Å²) in [5, 5.41) is 2.98. The molecule has 0 spiro atoms. The molecule has 0 amide bonds. The monoisotopic (exact) mass is 384 g/mol. The highest BCUT2D eigenvalue weighted by Gasteiger charge is 2.31. The molecule has 0 saturated heterocycles. The molecule has 0 aliphatic carbocycles. The Balaban J connectivity index is 2.41. The van der Waals surface area contributed by atoms with Crippen LogP contribution in [0.5, 0.6) is 5.75 Å². The molecule has 0 N–H and O–H groups in total. The Morgan fingerprint density at radius 1 is 1.04 bits per heavy atom. The van der Waals surface area contributed by atoms with E-state index in [1.807, 2.05) is 24.3 Å². The summed E-state index contributed by atoms with van der Waals surface area (Å²) < 4.78 is 5.51. The maximum absolute atomic E-state index is 6.28. The molecular weight excluding hydrogens is 356 g/mol. The average molecular weight is 385 g/mol. The number of aromatic nitrogens is 1. The lowest BCUT2D eigenvalue weighted by Crippen LogP contribution is -2.46. The minimum Gasteiger partial charge on any atom is -0.497 e. The zero-order valence-electron chi connectivity index (χ0n) is 17.0. The third kappa shape index (κ3) is 3.58. The van der Waals surface area contributed by atoms with Crippen molar-refractivity contribution < 1.29 is 4.74 Å². The molecule has 0 bridgehead atoms. The second-order valence-corrected chi connectivity index (χ2v) is 7.79. The number of rotatable bonds is 7. The van der Waals surface area contributed by atoms with Crippen molar-refractivity contribution in [2.45, 2.75) is 52.5 Å². The van der Waals surface area contributed by atoms with E-state index in [4.69, 9.17) is 21.3 Å². The number of nitrogens with zero attached hydrogens (tertiary/aromatic N) is 2. The van der Waals surface area contributed by atoms with Gasteiger partial charge in [0.05, 0.1) is 23.8 Å². The van der Waals surface area contributed by atoms with Crippen molar-refractivity contribution in [3.8, 4) is 5.75 Å². The number of anilines is 1. The molecule has 1 atom stereocenters. The maximum atomic E-state index is 6.28. The fourth-order valence-corrected chi connectivity index (χ4v) is 4.31. The molecule has 0 saturated carbocycles. The van der Waals surface area contributed by atoms with Crippen molar-refractivity contribution in [2.24, 2.45) is 0 Å². The summed E-state index contributed by atoms with van der Waals surface area (Å²) in [6, 6.07) is 12.1. The van der Waals surface area contributed by atoms with Gasteiger partial charge in [0, 0.05) is 27.9 Å². The summed E-state index contributed by atoms with van der Waals surface area (Å²) in [6.45, 7) is 10.1. The molecule has 144 valence electrons. The number of methoxy groups -OCH3 is 1. The summed E-state index contributed by atoms with van der Waals surface area (Å²) in [6.07, 6.45) is 3.37. The first-order valence-corrected chi connectivity index (χ1v) is 10.2. The Morgan fingerprint density at radius 3 is 2.44 bits per heavy atom. The van der Waals surface area contributed by atoms with Gasteiger partial charge in [-0.2, -0.15) is 0 Å². The van der Waals surface area contributed by atoms with Crippen LogP contribution in [0.1, 0.15) is 47.0 Å². The second-order valence-electron chi connectivity index (χ2n) is 7.35. The van der Waals surface area contributed by atoms with Crippen LogP contribution >= 0.6 is 11.6 Å². The van der Waals surface area contributed by atoms with Crippen molar-refractivity contribution in [1.82, 2.24) is 4.98 Å². The molecule has 0 radical (unpaired) electrons. The van der Waals surface area contributed by atoms with E-state index in [0.29, 0.717) is 5.02 Å². The highest BCUT2D eigenvalue weighted by molar-refractivity contribution is 6.31. The summed E-state index contributed by atoms with van der Waals surface area (Å²) >= 11 is 6.28. The van der Waals surface area contributed by atoms with Crippen LogP contribution < -0.4 is 9.64 Å². The molecule has 3 rings (SSSR count). The molecule has 1 unspecified atom stereocenters. The predicted molar refractivity (Wildman–Crippen MR) is 117 cm³/mol. The van der Waals surface area contributed by atoms with E-state index in [1.165, 1.54) is 5.69 Å². The van der Waals surface area contributed by atoms with Crippen LogP contribution in [0.3, 0.4) is 0 Å². The van der Waals surface area contributed by atoms with E-state index in [2.05, 4.69) is 44.7 Å². The van der Waals surface area contributed by atoms with Gasteiger partial charge in [-0.3, -0.25) is 0 Å². The molecule has 0 aliphatic heterocycles. The van der Waals surface area contributed by atoms with Crippen molar-refractivity contribution in [1.29, 1.82) is 0 Å². The van der Waals surface area contributed by atoms with Gasteiger partial charge in [0.25, 0.3) is 0 Å². The smallest absolute Gasteiger partial charge is 0.119 e. The van der Waals surface area contributed by atoms with Crippen LogP contribution in [0.15, 0.2) is 36.4 Å². The summed E-state index contributed by atoms with van der Waals surface area (Å²) in [7, 11) is 1.71. The van der Waals surface area contributed by atoms with Crippen LogP contribution in [0.2, 0.25) is 5.02 Å². The lowest BCUT2D eigenvalue weighted by atomic mass is 9.89. The van der Waals surface area contributed by atoms with Gasteiger partial charge >= 0.3 is 0 Å². The van der Waals surface area contributed by atoms with Gasteiger partial charge in [-0.1, -0.05) is 31.9 Å². The topological polar surface area (TPSA) is 25.4 Å². The Bertz CT molecular complexity index is 956. The van der Waals surface area contributed by atoms with Gasteiger partial charge in [0.2, 0.25) is 0 Å².